The van der Waals surface area contributed by atoms with Crippen LogP contribution < -0.4 is 4.74 Å². The SMILES string of the molecule is CC(=O)N(Cc1cc(C(F)(F)F)ccc1Oc1cccc(CC(=O)O)c1)C1CCc2ccccc21. The van der Waals surface area contributed by atoms with Crippen molar-refractivity contribution in [3.05, 3.63) is 94.5 Å². The van der Waals surface area contributed by atoms with Gasteiger partial charge in [0.25, 0.3) is 0 Å². The number of amides is 1. The molecule has 0 spiro atoms. The molecule has 1 aliphatic rings. The number of alkyl halides is 3. The lowest BCUT2D eigenvalue weighted by Crippen LogP contribution is -2.31. The molecule has 0 radical (unpaired) electrons. The first kappa shape index (κ1) is 24.3. The van der Waals surface area contributed by atoms with Crippen molar-refractivity contribution in [3.63, 3.8) is 0 Å². The van der Waals surface area contributed by atoms with Crippen molar-refractivity contribution in [2.75, 3.05) is 0 Å². The smallest absolute Gasteiger partial charge is 0.416 e. The van der Waals surface area contributed by atoms with E-state index in [1.165, 1.54) is 19.1 Å². The zero-order valence-electron chi connectivity index (χ0n) is 19.0. The number of hydrogen-bond donors (Lipinski definition) is 1. The van der Waals surface area contributed by atoms with Crippen LogP contribution in [0.4, 0.5) is 13.2 Å². The van der Waals surface area contributed by atoms with E-state index in [1.807, 2.05) is 24.3 Å². The van der Waals surface area contributed by atoms with Crippen molar-refractivity contribution in [2.24, 2.45) is 0 Å². The quantitative estimate of drug-likeness (QED) is 0.437. The minimum atomic E-state index is -4.56. The molecule has 1 unspecified atom stereocenters. The number of benzene rings is 3. The number of aryl methyl sites for hydroxylation is 1. The average molecular weight is 483 g/mol. The number of halogens is 3. The highest BCUT2D eigenvalue weighted by molar-refractivity contribution is 5.74. The van der Waals surface area contributed by atoms with Gasteiger partial charge < -0.3 is 14.7 Å². The zero-order valence-corrected chi connectivity index (χ0v) is 19.0. The molecule has 1 atom stereocenters. The summed E-state index contributed by atoms with van der Waals surface area (Å²) < 4.78 is 46.5. The van der Waals surface area contributed by atoms with Crippen LogP contribution in [0.5, 0.6) is 11.5 Å². The fourth-order valence-electron chi connectivity index (χ4n) is 4.48. The number of fused-ring (bicyclic) bond motifs is 1. The number of ether oxygens (including phenoxy) is 1. The maximum atomic E-state index is 13.5. The van der Waals surface area contributed by atoms with Gasteiger partial charge in [0.1, 0.15) is 11.5 Å². The van der Waals surface area contributed by atoms with Crippen molar-refractivity contribution in [1.82, 2.24) is 4.90 Å². The average Bonchev–Trinajstić information content (AvgIpc) is 3.21. The van der Waals surface area contributed by atoms with Gasteiger partial charge in [-0.05, 0) is 59.9 Å². The van der Waals surface area contributed by atoms with Crippen molar-refractivity contribution in [2.45, 2.75) is 44.9 Å². The molecule has 0 aliphatic heterocycles. The van der Waals surface area contributed by atoms with Crippen LogP contribution in [-0.2, 0) is 35.2 Å². The summed E-state index contributed by atoms with van der Waals surface area (Å²) in [4.78, 5) is 25.3. The molecule has 0 aromatic heterocycles. The number of carboxylic acids is 1. The molecule has 4 rings (SSSR count). The van der Waals surface area contributed by atoms with E-state index in [4.69, 9.17) is 9.84 Å². The summed E-state index contributed by atoms with van der Waals surface area (Å²) in [5.41, 5.74) is 1.99. The summed E-state index contributed by atoms with van der Waals surface area (Å²) >= 11 is 0. The molecule has 0 fully saturated rings. The maximum absolute atomic E-state index is 13.5. The third kappa shape index (κ3) is 5.65. The Morgan fingerprint density at radius 1 is 1.06 bits per heavy atom. The van der Waals surface area contributed by atoms with Crippen molar-refractivity contribution in [1.29, 1.82) is 0 Å². The number of carbonyl (C=O) groups is 2. The molecule has 1 N–H and O–H groups in total. The topological polar surface area (TPSA) is 66.8 Å². The van der Waals surface area contributed by atoms with Crippen molar-refractivity contribution < 1.29 is 32.6 Å². The van der Waals surface area contributed by atoms with E-state index in [0.717, 1.165) is 29.7 Å². The van der Waals surface area contributed by atoms with Gasteiger partial charge in [0.05, 0.1) is 18.0 Å². The normalized spacial score (nSPS) is 14.9. The number of rotatable bonds is 7. The molecule has 0 bridgehead atoms. The second-order valence-electron chi connectivity index (χ2n) is 8.54. The van der Waals surface area contributed by atoms with E-state index in [9.17, 15) is 22.8 Å². The third-order valence-corrected chi connectivity index (χ3v) is 6.09. The summed E-state index contributed by atoms with van der Waals surface area (Å²) in [7, 11) is 0. The number of nitrogens with zero attached hydrogens (tertiary/aromatic N) is 1. The van der Waals surface area contributed by atoms with E-state index >= 15 is 0 Å². The molecule has 0 saturated heterocycles. The van der Waals surface area contributed by atoms with Gasteiger partial charge in [0.15, 0.2) is 0 Å². The molecule has 3 aromatic carbocycles. The molecule has 8 heteroatoms. The van der Waals surface area contributed by atoms with Gasteiger partial charge in [-0.2, -0.15) is 13.2 Å². The molecule has 182 valence electrons. The highest BCUT2D eigenvalue weighted by atomic mass is 19.4. The Labute approximate surface area is 200 Å². The van der Waals surface area contributed by atoms with E-state index < -0.39 is 17.7 Å². The largest absolute Gasteiger partial charge is 0.481 e. The van der Waals surface area contributed by atoms with E-state index in [1.54, 1.807) is 23.1 Å². The molecule has 0 saturated carbocycles. The summed E-state index contributed by atoms with van der Waals surface area (Å²) in [6.45, 7) is 1.34. The van der Waals surface area contributed by atoms with Crippen LogP contribution in [0.1, 0.15) is 47.2 Å². The maximum Gasteiger partial charge on any atom is 0.416 e. The van der Waals surface area contributed by atoms with Crippen LogP contribution in [0.25, 0.3) is 0 Å². The van der Waals surface area contributed by atoms with Gasteiger partial charge in [0, 0.05) is 19.0 Å². The van der Waals surface area contributed by atoms with Crippen LogP contribution in [0.2, 0.25) is 0 Å². The number of hydrogen-bond acceptors (Lipinski definition) is 3. The number of carboxylic acid groups (broad SMARTS) is 1. The first-order valence-corrected chi connectivity index (χ1v) is 11.2. The summed E-state index contributed by atoms with van der Waals surface area (Å²) in [6, 6.07) is 17.1. The molecular weight excluding hydrogens is 459 g/mol. The Morgan fingerprint density at radius 2 is 1.83 bits per heavy atom. The van der Waals surface area contributed by atoms with E-state index in [2.05, 4.69) is 0 Å². The molecule has 1 amide bonds. The standard InChI is InChI=1S/C27H24F3NO4/c1-17(32)31(24-11-9-19-6-2-3-8-23(19)24)16-20-15-21(27(28,29)30)10-12-25(20)35-22-7-4-5-18(13-22)14-26(33)34/h2-8,10,12-13,15,24H,9,11,14,16H2,1H3,(H,33,34). The van der Waals surface area contributed by atoms with Crippen LogP contribution in [0.15, 0.2) is 66.7 Å². The molecular formula is C27H24F3NO4. The predicted molar refractivity (Wildman–Crippen MR) is 123 cm³/mol. The highest BCUT2D eigenvalue weighted by Gasteiger charge is 2.33. The molecule has 0 heterocycles. The Kier molecular flexibility index (Phi) is 6.82. The van der Waals surface area contributed by atoms with Crippen LogP contribution >= 0.6 is 0 Å². The molecule has 3 aromatic rings. The first-order valence-electron chi connectivity index (χ1n) is 11.2. The Bertz CT molecular complexity index is 1260. The van der Waals surface area contributed by atoms with Crippen LogP contribution in [0, 0.1) is 0 Å². The molecule has 35 heavy (non-hydrogen) atoms. The number of carbonyl (C=O) groups excluding carboxylic acids is 1. The second-order valence-corrected chi connectivity index (χ2v) is 8.54. The fourth-order valence-corrected chi connectivity index (χ4v) is 4.48. The van der Waals surface area contributed by atoms with E-state index in [-0.39, 0.29) is 36.2 Å². The van der Waals surface area contributed by atoms with Crippen LogP contribution in [-0.4, -0.2) is 21.9 Å². The van der Waals surface area contributed by atoms with Gasteiger partial charge in [-0.3, -0.25) is 9.59 Å². The van der Waals surface area contributed by atoms with Gasteiger partial charge >= 0.3 is 12.1 Å². The minimum absolute atomic E-state index is 0.0671. The van der Waals surface area contributed by atoms with Gasteiger partial charge in [-0.15, -0.1) is 0 Å². The van der Waals surface area contributed by atoms with Crippen molar-refractivity contribution in [3.8, 4) is 11.5 Å². The lowest BCUT2D eigenvalue weighted by Gasteiger charge is -2.30. The lowest BCUT2D eigenvalue weighted by molar-refractivity contribution is -0.138. The Hall–Kier alpha value is -3.81. The predicted octanol–water partition coefficient (Wildman–Crippen LogP) is 6.16. The zero-order chi connectivity index (χ0) is 25.2. The fraction of sp³-hybridized carbons (Fsp3) is 0.259. The van der Waals surface area contributed by atoms with Gasteiger partial charge in [0.2, 0.25) is 5.91 Å². The lowest BCUT2D eigenvalue weighted by atomic mass is 10.0. The Morgan fingerprint density at radius 3 is 2.54 bits per heavy atom. The highest BCUT2D eigenvalue weighted by Crippen LogP contribution is 2.39. The summed E-state index contributed by atoms with van der Waals surface area (Å²) in [5.74, 6) is -0.793. The molecule has 5 nitrogen and oxygen atoms in total. The first-order chi connectivity index (χ1) is 16.6. The van der Waals surface area contributed by atoms with Gasteiger partial charge in [-0.1, -0.05) is 36.4 Å². The summed E-state index contributed by atoms with van der Waals surface area (Å²) in [5, 5.41) is 9.04. The Balaban J connectivity index is 1.69. The summed E-state index contributed by atoms with van der Waals surface area (Å²) in [6.07, 6.45) is -3.30. The van der Waals surface area contributed by atoms with Crippen molar-refractivity contribution >= 4 is 11.9 Å². The minimum Gasteiger partial charge on any atom is -0.481 e. The van der Waals surface area contributed by atoms with Gasteiger partial charge in [-0.25, -0.2) is 0 Å². The molecule has 1 aliphatic carbocycles. The van der Waals surface area contributed by atoms with Crippen LogP contribution in [0.3, 0.4) is 0 Å². The monoisotopic (exact) mass is 483 g/mol. The van der Waals surface area contributed by atoms with E-state index in [0.29, 0.717) is 17.7 Å². The number of aliphatic carboxylic acids is 1. The second kappa shape index (κ2) is 9.82. The third-order valence-electron chi connectivity index (χ3n) is 6.09.